The second-order valence-corrected chi connectivity index (χ2v) is 7.52. The van der Waals surface area contributed by atoms with Gasteiger partial charge >= 0.3 is 6.18 Å². The van der Waals surface area contributed by atoms with E-state index in [9.17, 15) is 21.6 Å². The minimum absolute atomic E-state index is 0.0971. The Kier molecular flexibility index (Phi) is 4.13. The molecular weight excluding hydrogens is 367 g/mol. The third-order valence-corrected chi connectivity index (χ3v) is 5.28. The van der Waals surface area contributed by atoms with Gasteiger partial charge in [0.05, 0.1) is 10.4 Å². The van der Waals surface area contributed by atoms with E-state index in [4.69, 9.17) is 4.52 Å². The molecule has 3 aromatic heterocycles. The highest BCUT2D eigenvalue weighted by molar-refractivity contribution is 7.90. The average Bonchev–Trinajstić information content (AvgIpc) is 3.17. The molecule has 0 aromatic carbocycles. The Bertz CT molecular complexity index is 933. The van der Waals surface area contributed by atoms with Gasteiger partial charge in [-0.15, -0.1) is 11.3 Å². The van der Waals surface area contributed by atoms with E-state index in [0.717, 1.165) is 6.07 Å². The SMILES string of the molecule is O=S(=O)(Cc1noc(-c2cccs2)n1)c1ccc(C(F)(F)F)cn1. The van der Waals surface area contributed by atoms with Crippen molar-refractivity contribution >= 4 is 21.2 Å². The molecule has 3 rings (SSSR count). The van der Waals surface area contributed by atoms with Gasteiger partial charge in [-0.1, -0.05) is 11.2 Å². The van der Waals surface area contributed by atoms with Crippen molar-refractivity contribution in [1.82, 2.24) is 15.1 Å². The van der Waals surface area contributed by atoms with E-state index in [-0.39, 0.29) is 11.7 Å². The molecule has 0 atom stereocenters. The summed E-state index contributed by atoms with van der Waals surface area (Å²) in [5, 5.41) is 4.88. The van der Waals surface area contributed by atoms with E-state index >= 15 is 0 Å². The van der Waals surface area contributed by atoms with Crippen molar-refractivity contribution in [3.63, 3.8) is 0 Å². The molecule has 0 saturated heterocycles. The molecule has 0 unspecified atom stereocenters. The van der Waals surface area contributed by atoms with Crippen LogP contribution in [0.5, 0.6) is 0 Å². The lowest BCUT2D eigenvalue weighted by molar-refractivity contribution is -0.137. The highest BCUT2D eigenvalue weighted by Gasteiger charge is 2.31. The Labute approximate surface area is 137 Å². The zero-order valence-corrected chi connectivity index (χ0v) is 13.3. The smallest absolute Gasteiger partial charge is 0.333 e. The lowest BCUT2D eigenvalue weighted by atomic mass is 10.3. The van der Waals surface area contributed by atoms with Gasteiger partial charge in [0.15, 0.2) is 10.9 Å². The Hall–Kier alpha value is -2.27. The summed E-state index contributed by atoms with van der Waals surface area (Å²) in [6, 6.07) is 4.96. The molecule has 0 radical (unpaired) electrons. The van der Waals surface area contributed by atoms with E-state index in [1.165, 1.54) is 11.3 Å². The molecule has 126 valence electrons. The number of rotatable bonds is 4. The van der Waals surface area contributed by atoms with Gasteiger partial charge in [0.1, 0.15) is 5.75 Å². The first kappa shape index (κ1) is 16.6. The second kappa shape index (κ2) is 5.98. The number of aromatic nitrogens is 3. The van der Waals surface area contributed by atoms with Crippen molar-refractivity contribution in [2.45, 2.75) is 17.0 Å². The minimum Gasteiger partial charge on any atom is -0.333 e. The largest absolute Gasteiger partial charge is 0.417 e. The molecule has 3 heterocycles. The summed E-state index contributed by atoms with van der Waals surface area (Å²) in [7, 11) is -3.99. The van der Waals surface area contributed by atoms with Gasteiger partial charge in [-0.05, 0) is 23.6 Å². The van der Waals surface area contributed by atoms with Gasteiger partial charge in [-0.3, -0.25) is 0 Å². The number of halogens is 3. The fourth-order valence-corrected chi connectivity index (χ4v) is 3.53. The van der Waals surface area contributed by atoms with Crippen LogP contribution in [0.3, 0.4) is 0 Å². The number of hydrogen-bond acceptors (Lipinski definition) is 7. The Morgan fingerprint density at radius 1 is 1.21 bits per heavy atom. The summed E-state index contributed by atoms with van der Waals surface area (Å²) in [6.45, 7) is 0. The maximum Gasteiger partial charge on any atom is 0.417 e. The van der Waals surface area contributed by atoms with Crippen LogP contribution in [0.4, 0.5) is 13.2 Å². The van der Waals surface area contributed by atoms with Gasteiger partial charge in [-0.2, -0.15) is 18.2 Å². The normalized spacial score (nSPS) is 12.5. The third kappa shape index (κ3) is 3.46. The van der Waals surface area contributed by atoms with Gasteiger partial charge in [0, 0.05) is 6.20 Å². The molecule has 0 saturated carbocycles. The van der Waals surface area contributed by atoms with E-state index in [1.807, 2.05) is 0 Å². The molecular formula is C13H8F3N3O3S2. The summed E-state index contributed by atoms with van der Waals surface area (Å²) in [5.74, 6) is -0.545. The van der Waals surface area contributed by atoms with Crippen molar-refractivity contribution in [3.05, 3.63) is 47.2 Å². The summed E-state index contributed by atoms with van der Waals surface area (Å²) >= 11 is 1.34. The Morgan fingerprint density at radius 3 is 2.58 bits per heavy atom. The predicted octanol–water partition coefficient (Wildman–Crippen LogP) is 3.19. The lowest BCUT2D eigenvalue weighted by Gasteiger charge is -2.06. The van der Waals surface area contributed by atoms with Crippen LogP contribution < -0.4 is 0 Å². The molecule has 24 heavy (non-hydrogen) atoms. The van der Waals surface area contributed by atoms with Crippen LogP contribution >= 0.6 is 11.3 Å². The summed E-state index contributed by atoms with van der Waals surface area (Å²) in [4.78, 5) is 8.02. The molecule has 6 nitrogen and oxygen atoms in total. The van der Waals surface area contributed by atoms with Crippen LogP contribution in [0.15, 0.2) is 45.4 Å². The molecule has 0 aliphatic heterocycles. The van der Waals surface area contributed by atoms with Gasteiger partial charge in [0.2, 0.25) is 9.84 Å². The van der Waals surface area contributed by atoms with Crippen molar-refractivity contribution in [3.8, 4) is 10.8 Å². The summed E-state index contributed by atoms with van der Waals surface area (Å²) in [5.41, 5.74) is -1.03. The number of sulfone groups is 1. The van der Waals surface area contributed by atoms with Crippen LogP contribution in [-0.4, -0.2) is 23.5 Å². The first-order valence-electron chi connectivity index (χ1n) is 6.38. The van der Waals surface area contributed by atoms with Crippen LogP contribution in [0.2, 0.25) is 0 Å². The van der Waals surface area contributed by atoms with Gasteiger partial charge in [-0.25, -0.2) is 13.4 Å². The highest BCUT2D eigenvalue weighted by Crippen LogP contribution is 2.29. The summed E-state index contributed by atoms with van der Waals surface area (Å²) < 4.78 is 66.8. The maximum absolute atomic E-state index is 12.5. The van der Waals surface area contributed by atoms with Crippen LogP contribution in [0.25, 0.3) is 10.8 Å². The van der Waals surface area contributed by atoms with Crippen molar-refractivity contribution in [2.24, 2.45) is 0 Å². The zero-order valence-electron chi connectivity index (χ0n) is 11.7. The maximum atomic E-state index is 12.5. The van der Waals surface area contributed by atoms with Crippen molar-refractivity contribution in [2.75, 3.05) is 0 Å². The molecule has 0 fully saturated rings. The first-order valence-corrected chi connectivity index (χ1v) is 8.91. The van der Waals surface area contributed by atoms with Crippen molar-refractivity contribution < 1.29 is 26.1 Å². The molecule has 0 amide bonds. The van der Waals surface area contributed by atoms with E-state index in [2.05, 4.69) is 15.1 Å². The van der Waals surface area contributed by atoms with E-state index in [0.29, 0.717) is 17.1 Å². The van der Waals surface area contributed by atoms with Gasteiger partial charge < -0.3 is 4.52 Å². The van der Waals surface area contributed by atoms with Crippen LogP contribution in [0.1, 0.15) is 11.4 Å². The van der Waals surface area contributed by atoms with Crippen LogP contribution in [-0.2, 0) is 21.8 Å². The lowest BCUT2D eigenvalue weighted by Crippen LogP contribution is -2.11. The van der Waals surface area contributed by atoms with Gasteiger partial charge in [0.25, 0.3) is 5.89 Å². The number of hydrogen-bond donors (Lipinski definition) is 0. The standard InChI is InChI=1S/C13H8F3N3O3S2/c14-13(15,16)8-3-4-11(17-6-8)24(20,21)7-10-18-12(22-19-10)9-2-1-5-23-9/h1-6H,7H2. The number of thiophene rings is 1. The minimum atomic E-state index is -4.58. The Morgan fingerprint density at radius 2 is 2.00 bits per heavy atom. The molecule has 0 bridgehead atoms. The molecule has 3 aromatic rings. The third-order valence-electron chi connectivity index (χ3n) is 2.90. The monoisotopic (exact) mass is 375 g/mol. The summed E-state index contributed by atoms with van der Waals surface area (Å²) in [6.07, 6.45) is -4.11. The van der Waals surface area contributed by atoms with E-state index < -0.39 is 32.4 Å². The zero-order chi connectivity index (χ0) is 17.4. The highest BCUT2D eigenvalue weighted by atomic mass is 32.2. The quantitative estimate of drug-likeness (QED) is 0.696. The fraction of sp³-hybridized carbons (Fsp3) is 0.154. The fourth-order valence-electron chi connectivity index (χ4n) is 1.79. The average molecular weight is 375 g/mol. The Balaban J connectivity index is 1.81. The number of nitrogens with zero attached hydrogens (tertiary/aromatic N) is 3. The topological polar surface area (TPSA) is 86.0 Å². The first-order chi connectivity index (χ1) is 11.3. The molecule has 11 heteroatoms. The number of alkyl halides is 3. The predicted molar refractivity (Wildman–Crippen MR) is 77.7 cm³/mol. The second-order valence-electron chi connectivity index (χ2n) is 4.64. The van der Waals surface area contributed by atoms with E-state index in [1.54, 1.807) is 17.5 Å². The van der Waals surface area contributed by atoms with Crippen molar-refractivity contribution in [1.29, 1.82) is 0 Å². The molecule has 0 N–H and O–H groups in total. The van der Waals surface area contributed by atoms with Crippen LogP contribution in [0, 0.1) is 0 Å². The molecule has 0 aliphatic carbocycles. The number of pyridine rings is 1. The molecule has 0 spiro atoms. The molecule has 0 aliphatic rings.